The summed E-state index contributed by atoms with van der Waals surface area (Å²) in [7, 11) is -1.57. The minimum absolute atomic E-state index is 0.505. The summed E-state index contributed by atoms with van der Waals surface area (Å²) in [4.78, 5) is 2.73. The molecule has 3 saturated heterocycles. The molecule has 154 valence electrons. The molecule has 3 fully saturated rings. The van der Waals surface area contributed by atoms with Crippen LogP contribution in [0.15, 0.2) is 60.7 Å². The molecule has 3 aliphatic heterocycles. The van der Waals surface area contributed by atoms with Gasteiger partial charge in [0.1, 0.15) is 10.6 Å². The van der Waals surface area contributed by atoms with E-state index in [1.54, 1.807) is 5.30 Å². The van der Waals surface area contributed by atoms with Crippen molar-refractivity contribution in [1.29, 1.82) is 0 Å². The van der Waals surface area contributed by atoms with E-state index in [1.165, 1.54) is 11.2 Å². The van der Waals surface area contributed by atoms with Crippen molar-refractivity contribution >= 4 is 36.7 Å². The second kappa shape index (κ2) is 8.55. The maximum absolute atomic E-state index is 5.75. The number of hydrogen-bond donors (Lipinski definition) is 1. The van der Waals surface area contributed by atoms with Gasteiger partial charge in [0.2, 0.25) is 19.8 Å². The SMILES string of the molecule is S[P+]1(c2ccccc2)C[P+](c2ccccc2)(N2CCOCC2)C1N1CCOCC1. The van der Waals surface area contributed by atoms with Gasteiger partial charge in [-0.1, -0.05) is 36.4 Å². The largest absolute Gasteiger partial charge is 0.379 e. The van der Waals surface area contributed by atoms with Gasteiger partial charge in [-0.05, 0) is 24.3 Å². The van der Waals surface area contributed by atoms with Crippen LogP contribution in [0.1, 0.15) is 0 Å². The zero-order valence-corrected chi connectivity index (χ0v) is 19.5. The van der Waals surface area contributed by atoms with Gasteiger partial charge in [0.15, 0.2) is 0 Å². The highest BCUT2D eigenvalue weighted by atomic mass is 32.7. The summed E-state index contributed by atoms with van der Waals surface area (Å²) in [6.07, 6.45) is 0. The highest BCUT2D eigenvalue weighted by molar-refractivity contribution is 8.61. The Hall–Kier alpha value is -0.510. The average molecular weight is 449 g/mol. The lowest BCUT2D eigenvalue weighted by molar-refractivity contribution is 0.0385. The zero-order chi connectivity index (χ0) is 19.7. The molecule has 0 saturated carbocycles. The van der Waals surface area contributed by atoms with Crippen molar-refractivity contribution in [2.75, 3.05) is 58.5 Å². The minimum Gasteiger partial charge on any atom is -0.379 e. The molecule has 0 aliphatic carbocycles. The van der Waals surface area contributed by atoms with Crippen molar-refractivity contribution in [3.63, 3.8) is 0 Å². The topological polar surface area (TPSA) is 24.9 Å². The first-order valence-electron chi connectivity index (χ1n) is 10.5. The van der Waals surface area contributed by atoms with Gasteiger partial charge in [-0.2, -0.15) is 4.67 Å². The molecule has 0 bridgehead atoms. The van der Waals surface area contributed by atoms with Crippen LogP contribution in [-0.4, -0.2) is 73.6 Å². The maximum atomic E-state index is 5.75. The van der Waals surface area contributed by atoms with E-state index < -0.39 is 13.9 Å². The molecular formula is C22H30N2O2P2S+2. The van der Waals surface area contributed by atoms with Gasteiger partial charge in [-0.3, -0.25) is 0 Å². The van der Waals surface area contributed by atoms with Crippen molar-refractivity contribution in [2.45, 2.75) is 5.52 Å². The molecule has 0 spiro atoms. The molecule has 5 rings (SSSR count). The lowest BCUT2D eigenvalue weighted by atomic mass is 10.4. The molecule has 0 amide bonds. The van der Waals surface area contributed by atoms with Crippen LogP contribution in [0.3, 0.4) is 0 Å². The Balaban J connectivity index is 1.62. The van der Waals surface area contributed by atoms with Gasteiger partial charge in [0.25, 0.3) is 5.52 Å². The molecule has 3 atom stereocenters. The Bertz CT molecular complexity index is 818. The van der Waals surface area contributed by atoms with Crippen LogP contribution in [-0.2, 0) is 9.47 Å². The predicted molar refractivity (Wildman–Crippen MR) is 128 cm³/mol. The van der Waals surface area contributed by atoms with Crippen LogP contribution in [0.25, 0.3) is 0 Å². The van der Waals surface area contributed by atoms with Crippen LogP contribution in [0.4, 0.5) is 0 Å². The lowest BCUT2D eigenvalue weighted by Gasteiger charge is -2.55. The van der Waals surface area contributed by atoms with Crippen molar-refractivity contribution in [3.05, 3.63) is 60.7 Å². The minimum atomic E-state index is -1.60. The van der Waals surface area contributed by atoms with E-state index in [0.29, 0.717) is 5.52 Å². The summed E-state index contributed by atoms with van der Waals surface area (Å²) in [6, 6.07) is 22.4. The lowest BCUT2D eigenvalue weighted by Crippen LogP contribution is -2.59. The van der Waals surface area contributed by atoms with Gasteiger partial charge in [-0.25, -0.2) is 4.90 Å². The monoisotopic (exact) mass is 448 g/mol. The Morgan fingerprint density at radius 2 is 1.24 bits per heavy atom. The van der Waals surface area contributed by atoms with Gasteiger partial charge < -0.3 is 9.47 Å². The second-order valence-electron chi connectivity index (χ2n) is 8.03. The van der Waals surface area contributed by atoms with E-state index in [9.17, 15) is 0 Å². The quantitative estimate of drug-likeness (QED) is 0.573. The molecular weight excluding hydrogens is 418 g/mol. The summed E-state index contributed by atoms with van der Waals surface area (Å²) < 4.78 is 14.3. The van der Waals surface area contributed by atoms with Crippen molar-refractivity contribution in [2.24, 2.45) is 0 Å². The number of nitrogens with zero attached hydrogens (tertiary/aromatic N) is 2. The Kier molecular flexibility index (Phi) is 6.02. The fourth-order valence-electron chi connectivity index (χ4n) is 5.15. The van der Waals surface area contributed by atoms with E-state index in [-0.39, 0.29) is 0 Å². The molecule has 4 nitrogen and oxygen atoms in total. The average Bonchev–Trinajstić information content (AvgIpc) is 2.79. The number of rotatable bonds is 4. The van der Waals surface area contributed by atoms with E-state index in [4.69, 9.17) is 21.7 Å². The first-order chi connectivity index (χ1) is 14.2. The smallest absolute Gasteiger partial charge is 0.265 e. The van der Waals surface area contributed by atoms with Gasteiger partial charge in [0, 0.05) is 25.3 Å². The van der Waals surface area contributed by atoms with Crippen LogP contribution >= 0.6 is 26.1 Å². The number of thiol groups is 1. The van der Waals surface area contributed by atoms with E-state index in [2.05, 4.69) is 70.2 Å². The number of benzene rings is 2. The maximum Gasteiger partial charge on any atom is 0.265 e. The van der Waals surface area contributed by atoms with Crippen LogP contribution < -0.4 is 10.6 Å². The van der Waals surface area contributed by atoms with Crippen LogP contribution in [0.5, 0.6) is 0 Å². The van der Waals surface area contributed by atoms with E-state index in [1.807, 2.05) is 0 Å². The molecule has 2 aromatic rings. The van der Waals surface area contributed by atoms with Crippen molar-refractivity contribution in [1.82, 2.24) is 9.57 Å². The first kappa shape index (κ1) is 20.4. The number of ether oxygens (including phenoxy) is 2. The standard InChI is InChI=1S/C22H30N2O2P2S/c29-28(21-9-5-2-6-10-21)19-27(20-7-3-1-4-8-20,24-13-17-26-18-14-24)22(28)23-11-15-25-16-12-23/h1-10,22,29H,11-19H2/q+2. The molecule has 3 unspecified atom stereocenters. The fraction of sp³-hybridized carbons (Fsp3) is 0.455. The van der Waals surface area contributed by atoms with Crippen molar-refractivity contribution in [3.8, 4) is 0 Å². The fourth-order valence-corrected chi connectivity index (χ4v) is 23.0. The van der Waals surface area contributed by atoms with E-state index >= 15 is 0 Å². The molecule has 29 heavy (non-hydrogen) atoms. The summed E-state index contributed by atoms with van der Waals surface area (Å²) >= 11 is 5.55. The molecule has 0 radical (unpaired) electrons. The third-order valence-electron chi connectivity index (χ3n) is 6.47. The Morgan fingerprint density at radius 1 is 0.724 bits per heavy atom. The summed E-state index contributed by atoms with van der Waals surface area (Å²) in [5.74, 6) is 1.22. The molecule has 0 N–H and O–H groups in total. The first-order valence-corrected chi connectivity index (χ1v) is 15.7. The summed E-state index contributed by atoms with van der Waals surface area (Å²) in [5, 5.41) is 3.00. The molecule has 2 aromatic carbocycles. The van der Waals surface area contributed by atoms with Crippen LogP contribution in [0, 0.1) is 0 Å². The summed E-state index contributed by atoms with van der Waals surface area (Å²) in [5.41, 5.74) is 0.505. The Labute approximate surface area is 180 Å². The second-order valence-corrected chi connectivity index (χ2v) is 17.6. The van der Waals surface area contributed by atoms with Crippen molar-refractivity contribution < 1.29 is 9.47 Å². The van der Waals surface area contributed by atoms with Gasteiger partial charge in [-0.15, -0.1) is 0 Å². The highest BCUT2D eigenvalue weighted by Crippen LogP contribution is 2.97. The van der Waals surface area contributed by atoms with Crippen LogP contribution in [0.2, 0.25) is 0 Å². The zero-order valence-electron chi connectivity index (χ0n) is 16.8. The molecule has 3 heterocycles. The predicted octanol–water partition coefficient (Wildman–Crippen LogP) is 3.35. The van der Waals surface area contributed by atoms with Gasteiger partial charge >= 0.3 is 0 Å². The highest BCUT2D eigenvalue weighted by Gasteiger charge is 2.82. The molecule has 7 heteroatoms. The third kappa shape index (κ3) is 3.49. The van der Waals surface area contributed by atoms with Gasteiger partial charge in [0.05, 0.1) is 39.5 Å². The number of morpholine rings is 2. The molecule has 0 aromatic heterocycles. The summed E-state index contributed by atoms with van der Waals surface area (Å²) in [6.45, 7) is 5.84. The molecule has 3 aliphatic rings. The number of hydrogen-bond acceptors (Lipinski definition) is 5. The third-order valence-corrected chi connectivity index (χ3v) is 21.3. The Morgan fingerprint density at radius 3 is 1.83 bits per heavy atom. The van der Waals surface area contributed by atoms with E-state index in [0.717, 1.165) is 52.6 Å². The normalized spacial score (nSPS) is 33.9.